The van der Waals surface area contributed by atoms with Crippen LogP contribution in [0.2, 0.25) is 0 Å². The first-order valence-electron chi connectivity index (χ1n) is 6.80. The van der Waals surface area contributed by atoms with E-state index in [-0.39, 0.29) is 12.8 Å². The minimum Gasteiger partial charge on any atom is -0.454 e. The summed E-state index contributed by atoms with van der Waals surface area (Å²) in [5.74, 6) is 1.34. The smallest absolute Gasteiger partial charge is 0.314 e. The van der Waals surface area contributed by atoms with Gasteiger partial charge in [0.25, 0.3) is 0 Å². The van der Waals surface area contributed by atoms with E-state index in [4.69, 9.17) is 9.47 Å². The van der Waals surface area contributed by atoms with Crippen LogP contribution in [-0.4, -0.2) is 31.0 Å². The number of carbonyl (C=O) groups is 1. The van der Waals surface area contributed by atoms with Crippen molar-refractivity contribution < 1.29 is 19.4 Å². The van der Waals surface area contributed by atoms with Crippen molar-refractivity contribution in [2.24, 2.45) is 0 Å². The molecule has 6 heteroatoms. The second-order valence-corrected chi connectivity index (χ2v) is 4.60. The van der Waals surface area contributed by atoms with E-state index >= 15 is 0 Å². The van der Waals surface area contributed by atoms with Gasteiger partial charge in [0.05, 0.1) is 6.10 Å². The lowest BCUT2D eigenvalue weighted by atomic mass is 10.1. The van der Waals surface area contributed by atoms with Crippen LogP contribution in [0.5, 0.6) is 11.5 Å². The standard InChI is InChI=1S/C14H20N2O4/c1-2-6-15-14(18)16-7-5-11(17)10-3-4-12-13(8-10)20-9-19-12/h3-4,8,11,17H,2,5-7,9H2,1H3,(H2,15,16,18). The van der Waals surface area contributed by atoms with E-state index in [1.165, 1.54) is 0 Å². The van der Waals surface area contributed by atoms with Crippen molar-refractivity contribution in [3.8, 4) is 11.5 Å². The maximum atomic E-state index is 11.3. The van der Waals surface area contributed by atoms with Crippen LogP contribution in [0, 0.1) is 0 Å². The number of benzene rings is 1. The largest absolute Gasteiger partial charge is 0.454 e. The molecule has 0 radical (unpaired) electrons. The fourth-order valence-electron chi connectivity index (χ4n) is 1.91. The molecule has 20 heavy (non-hydrogen) atoms. The quantitative estimate of drug-likeness (QED) is 0.738. The number of aliphatic hydroxyl groups is 1. The summed E-state index contributed by atoms with van der Waals surface area (Å²) in [6.07, 6.45) is 0.697. The van der Waals surface area contributed by atoms with Crippen molar-refractivity contribution in [1.29, 1.82) is 0 Å². The number of carbonyl (C=O) groups excluding carboxylic acids is 1. The van der Waals surface area contributed by atoms with Gasteiger partial charge in [-0.1, -0.05) is 13.0 Å². The molecular weight excluding hydrogens is 260 g/mol. The lowest BCUT2D eigenvalue weighted by Crippen LogP contribution is -2.36. The van der Waals surface area contributed by atoms with Gasteiger partial charge in [0.1, 0.15) is 0 Å². The molecule has 1 unspecified atom stereocenters. The first-order valence-corrected chi connectivity index (χ1v) is 6.80. The number of ether oxygens (including phenoxy) is 2. The Morgan fingerprint density at radius 3 is 2.85 bits per heavy atom. The number of amides is 2. The Kier molecular flexibility index (Phi) is 5.06. The van der Waals surface area contributed by atoms with Crippen molar-refractivity contribution in [2.45, 2.75) is 25.9 Å². The lowest BCUT2D eigenvalue weighted by Gasteiger charge is -2.12. The molecule has 0 bridgehead atoms. The molecular formula is C14H20N2O4. The molecule has 110 valence electrons. The Bertz CT molecular complexity index is 464. The molecule has 1 aliphatic rings. The van der Waals surface area contributed by atoms with Gasteiger partial charge in [0.15, 0.2) is 11.5 Å². The molecule has 0 aromatic heterocycles. The summed E-state index contributed by atoms with van der Waals surface area (Å²) in [4.78, 5) is 11.3. The highest BCUT2D eigenvalue weighted by molar-refractivity contribution is 5.73. The summed E-state index contributed by atoms with van der Waals surface area (Å²) in [5.41, 5.74) is 0.755. The van der Waals surface area contributed by atoms with E-state index in [1.54, 1.807) is 18.2 Å². The normalized spacial score (nSPS) is 13.9. The number of rotatable bonds is 6. The Balaban J connectivity index is 1.77. The van der Waals surface area contributed by atoms with Crippen LogP contribution in [0.25, 0.3) is 0 Å². The average molecular weight is 280 g/mol. The van der Waals surface area contributed by atoms with Gasteiger partial charge in [0, 0.05) is 13.1 Å². The zero-order valence-electron chi connectivity index (χ0n) is 11.5. The van der Waals surface area contributed by atoms with Gasteiger partial charge >= 0.3 is 6.03 Å². The molecule has 0 spiro atoms. The van der Waals surface area contributed by atoms with Crippen LogP contribution < -0.4 is 20.1 Å². The van der Waals surface area contributed by atoms with Crippen LogP contribution in [-0.2, 0) is 0 Å². The molecule has 0 fully saturated rings. The molecule has 1 aliphatic heterocycles. The summed E-state index contributed by atoms with van der Waals surface area (Å²) in [5, 5.41) is 15.5. The molecule has 6 nitrogen and oxygen atoms in total. The SMILES string of the molecule is CCCNC(=O)NCCC(O)c1ccc2c(c1)OCO2. The minimum absolute atomic E-state index is 0.204. The molecule has 0 saturated carbocycles. The third-order valence-electron chi connectivity index (χ3n) is 3.02. The fraction of sp³-hybridized carbons (Fsp3) is 0.500. The maximum absolute atomic E-state index is 11.3. The van der Waals surface area contributed by atoms with Gasteiger partial charge in [-0.3, -0.25) is 0 Å². The number of fused-ring (bicyclic) bond motifs is 1. The molecule has 1 heterocycles. The van der Waals surface area contributed by atoms with Crippen LogP contribution in [0.3, 0.4) is 0 Å². The molecule has 0 saturated heterocycles. The Morgan fingerprint density at radius 2 is 2.05 bits per heavy atom. The van der Waals surface area contributed by atoms with E-state index in [9.17, 15) is 9.90 Å². The van der Waals surface area contributed by atoms with Gasteiger partial charge in [-0.25, -0.2) is 4.79 Å². The molecule has 0 aliphatic carbocycles. The highest BCUT2D eigenvalue weighted by Crippen LogP contribution is 2.34. The predicted molar refractivity (Wildman–Crippen MR) is 73.8 cm³/mol. The zero-order chi connectivity index (χ0) is 14.4. The van der Waals surface area contributed by atoms with E-state index < -0.39 is 6.10 Å². The summed E-state index contributed by atoms with van der Waals surface area (Å²) in [7, 11) is 0. The van der Waals surface area contributed by atoms with Crippen LogP contribution in [0.15, 0.2) is 18.2 Å². The Morgan fingerprint density at radius 1 is 1.30 bits per heavy atom. The summed E-state index contributed by atoms with van der Waals surface area (Å²) in [6, 6.07) is 5.15. The number of hydrogen-bond acceptors (Lipinski definition) is 4. The van der Waals surface area contributed by atoms with E-state index in [1.807, 2.05) is 6.92 Å². The Hall–Kier alpha value is -1.95. The van der Waals surface area contributed by atoms with Gasteiger partial charge in [0.2, 0.25) is 6.79 Å². The van der Waals surface area contributed by atoms with Crippen molar-refractivity contribution >= 4 is 6.03 Å². The van der Waals surface area contributed by atoms with Crippen molar-refractivity contribution in [2.75, 3.05) is 19.9 Å². The second-order valence-electron chi connectivity index (χ2n) is 4.60. The molecule has 1 aromatic carbocycles. The van der Waals surface area contributed by atoms with Gasteiger partial charge < -0.3 is 25.2 Å². The highest BCUT2D eigenvalue weighted by Gasteiger charge is 2.16. The zero-order valence-corrected chi connectivity index (χ0v) is 11.5. The predicted octanol–water partition coefficient (Wildman–Crippen LogP) is 1.55. The second kappa shape index (κ2) is 7.00. The number of urea groups is 1. The maximum Gasteiger partial charge on any atom is 0.314 e. The third-order valence-corrected chi connectivity index (χ3v) is 3.02. The highest BCUT2D eigenvalue weighted by atomic mass is 16.7. The molecule has 2 rings (SSSR count). The fourth-order valence-corrected chi connectivity index (χ4v) is 1.91. The van der Waals surface area contributed by atoms with Gasteiger partial charge in [-0.2, -0.15) is 0 Å². The first kappa shape index (κ1) is 14.5. The lowest BCUT2D eigenvalue weighted by molar-refractivity contribution is 0.165. The van der Waals surface area contributed by atoms with Crippen molar-refractivity contribution in [3.05, 3.63) is 23.8 Å². The molecule has 1 aromatic rings. The molecule has 1 atom stereocenters. The number of hydrogen-bond donors (Lipinski definition) is 3. The number of aliphatic hydroxyl groups excluding tert-OH is 1. The van der Waals surface area contributed by atoms with Crippen LogP contribution in [0.1, 0.15) is 31.4 Å². The summed E-state index contributed by atoms with van der Waals surface area (Å²) >= 11 is 0. The average Bonchev–Trinajstić information content (AvgIpc) is 2.92. The van der Waals surface area contributed by atoms with E-state index in [0.717, 1.165) is 12.0 Å². The third kappa shape index (κ3) is 3.77. The van der Waals surface area contributed by atoms with Crippen LogP contribution in [0.4, 0.5) is 4.79 Å². The van der Waals surface area contributed by atoms with Crippen molar-refractivity contribution in [3.63, 3.8) is 0 Å². The van der Waals surface area contributed by atoms with Crippen LogP contribution >= 0.6 is 0 Å². The summed E-state index contributed by atoms with van der Waals surface area (Å²) < 4.78 is 10.5. The van der Waals surface area contributed by atoms with Crippen molar-refractivity contribution in [1.82, 2.24) is 10.6 Å². The summed E-state index contributed by atoms with van der Waals surface area (Å²) in [6.45, 7) is 3.26. The Labute approximate surface area is 118 Å². The molecule has 3 N–H and O–H groups in total. The molecule has 2 amide bonds. The minimum atomic E-state index is -0.643. The van der Waals surface area contributed by atoms with Gasteiger partial charge in [-0.15, -0.1) is 0 Å². The number of nitrogens with one attached hydrogen (secondary N) is 2. The monoisotopic (exact) mass is 280 g/mol. The van der Waals surface area contributed by atoms with E-state index in [2.05, 4.69) is 10.6 Å². The van der Waals surface area contributed by atoms with Gasteiger partial charge in [-0.05, 0) is 30.5 Å². The van der Waals surface area contributed by atoms with E-state index in [0.29, 0.717) is 31.0 Å². The topological polar surface area (TPSA) is 79.8 Å². The first-order chi connectivity index (χ1) is 9.70.